The van der Waals surface area contributed by atoms with E-state index >= 15 is 0 Å². The highest BCUT2D eigenvalue weighted by atomic mass is 15.3. The van der Waals surface area contributed by atoms with Gasteiger partial charge in [-0.2, -0.15) is 9.97 Å². The van der Waals surface area contributed by atoms with Gasteiger partial charge in [-0.3, -0.25) is 9.47 Å². The number of fused-ring (bicyclic) bond motifs is 7. The molecule has 0 spiro atoms. The van der Waals surface area contributed by atoms with E-state index in [1.54, 1.807) is 12.4 Å². The minimum Gasteiger partial charge on any atom is -0.278 e. The van der Waals surface area contributed by atoms with E-state index in [1.165, 1.54) is 11.1 Å². The molecule has 55 heavy (non-hydrogen) atoms. The fourth-order valence-electron chi connectivity index (χ4n) is 8.33. The highest BCUT2D eigenvalue weighted by Crippen LogP contribution is 2.53. The molecule has 11 rings (SSSR count). The van der Waals surface area contributed by atoms with Crippen molar-refractivity contribution in [3.63, 3.8) is 0 Å². The van der Waals surface area contributed by atoms with E-state index in [2.05, 4.69) is 108 Å². The van der Waals surface area contributed by atoms with Crippen molar-refractivity contribution in [2.45, 2.75) is 19.3 Å². The van der Waals surface area contributed by atoms with E-state index in [4.69, 9.17) is 29.9 Å². The lowest BCUT2D eigenvalue weighted by Gasteiger charge is -2.41. The molecule has 260 valence electrons. The molecule has 0 bridgehead atoms. The lowest BCUT2D eigenvalue weighted by Crippen LogP contribution is -2.31. The number of nitrogens with zero attached hydrogens (tertiary/aromatic N) is 8. The number of rotatable bonds is 4. The third-order valence-corrected chi connectivity index (χ3v) is 10.9. The van der Waals surface area contributed by atoms with Crippen molar-refractivity contribution in [2.24, 2.45) is 0 Å². The Hall–Kier alpha value is -7.32. The van der Waals surface area contributed by atoms with Crippen LogP contribution in [-0.2, 0) is 5.41 Å². The summed E-state index contributed by atoms with van der Waals surface area (Å²) in [6.07, 6.45) is 3.58. The molecule has 1 aliphatic rings. The standard InChI is InChI=1S/C47H32N8/c1-47(2)35-22-10-12-24-38(35)55(46-51-42(30-17-7-4-8-18-30)33-21-14-26-49-44(33)53-46)40-28-39-34(27-36(40)47)31-19-9-11-23-37(31)54(39)45-50-41(29-15-5-3-6-16-29)32-20-13-25-48-43(32)52-45/h3-28H,1-2H3. The highest BCUT2D eigenvalue weighted by Gasteiger charge is 2.39. The predicted molar refractivity (Wildman–Crippen MR) is 220 cm³/mol. The van der Waals surface area contributed by atoms with Crippen molar-refractivity contribution in [1.82, 2.24) is 34.5 Å². The number of pyridine rings is 2. The molecular formula is C47H32N8. The van der Waals surface area contributed by atoms with Gasteiger partial charge in [0.1, 0.15) is 0 Å². The van der Waals surface area contributed by atoms with Gasteiger partial charge in [0, 0.05) is 50.5 Å². The first kappa shape index (κ1) is 31.2. The molecule has 6 heterocycles. The Morgan fingerprint density at radius 1 is 0.436 bits per heavy atom. The van der Waals surface area contributed by atoms with E-state index in [0.29, 0.717) is 23.2 Å². The first-order chi connectivity index (χ1) is 27.0. The predicted octanol–water partition coefficient (Wildman–Crippen LogP) is 10.9. The summed E-state index contributed by atoms with van der Waals surface area (Å²) < 4.78 is 2.18. The maximum Gasteiger partial charge on any atom is 0.237 e. The molecule has 0 saturated heterocycles. The number of hydrogen-bond donors (Lipinski definition) is 0. The van der Waals surface area contributed by atoms with Crippen LogP contribution in [0.25, 0.3) is 72.3 Å². The van der Waals surface area contributed by atoms with Crippen LogP contribution in [0.2, 0.25) is 0 Å². The van der Waals surface area contributed by atoms with Gasteiger partial charge in [-0.1, -0.05) is 111 Å². The summed E-state index contributed by atoms with van der Waals surface area (Å²) in [5.74, 6) is 1.10. The molecule has 0 saturated carbocycles. The quantitative estimate of drug-likeness (QED) is 0.180. The Bertz CT molecular complexity index is 3140. The molecule has 0 atom stereocenters. The normalized spacial score (nSPS) is 13.4. The largest absolute Gasteiger partial charge is 0.278 e. The number of anilines is 3. The number of para-hydroxylation sites is 2. The van der Waals surface area contributed by atoms with Gasteiger partial charge < -0.3 is 0 Å². The van der Waals surface area contributed by atoms with Crippen molar-refractivity contribution < 1.29 is 0 Å². The Labute approximate surface area is 316 Å². The molecule has 8 nitrogen and oxygen atoms in total. The maximum atomic E-state index is 5.36. The molecule has 10 aromatic rings. The van der Waals surface area contributed by atoms with Gasteiger partial charge in [-0.05, 0) is 59.7 Å². The molecule has 5 aromatic heterocycles. The lowest BCUT2D eigenvalue weighted by atomic mass is 9.73. The summed E-state index contributed by atoms with van der Waals surface area (Å²) >= 11 is 0. The lowest BCUT2D eigenvalue weighted by molar-refractivity contribution is 0.632. The molecule has 0 N–H and O–H groups in total. The molecule has 0 radical (unpaired) electrons. The average Bonchev–Trinajstić information content (AvgIpc) is 3.56. The zero-order chi connectivity index (χ0) is 36.7. The smallest absolute Gasteiger partial charge is 0.237 e. The Morgan fingerprint density at radius 3 is 1.69 bits per heavy atom. The maximum absolute atomic E-state index is 5.36. The SMILES string of the molecule is CC1(C)c2ccccc2N(c2nc(-c3ccccc3)c3cccnc3n2)c2cc3c(cc21)c1ccccc1n3-c1nc(-c2ccccc2)c2cccnc2n1. The van der Waals surface area contributed by atoms with Crippen LogP contribution in [0.4, 0.5) is 17.3 Å². The van der Waals surface area contributed by atoms with Crippen molar-refractivity contribution in [3.8, 4) is 28.5 Å². The average molecular weight is 709 g/mol. The minimum atomic E-state index is -0.346. The van der Waals surface area contributed by atoms with Gasteiger partial charge in [0.25, 0.3) is 0 Å². The van der Waals surface area contributed by atoms with Crippen LogP contribution in [0.3, 0.4) is 0 Å². The third-order valence-electron chi connectivity index (χ3n) is 10.9. The third kappa shape index (κ3) is 4.71. The molecule has 0 amide bonds. The van der Waals surface area contributed by atoms with Crippen LogP contribution in [0.15, 0.2) is 158 Å². The van der Waals surface area contributed by atoms with Crippen LogP contribution in [0, 0.1) is 0 Å². The number of benzene rings is 5. The summed E-state index contributed by atoms with van der Waals surface area (Å²) in [6, 6.07) is 50.2. The fourth-order valence-corrected chi connectivity index (χ4v) is 8.33. The Kier molecular flexibility index (Phi) is 6.73. The van der Waals surface area contributed by atoms with Crippen molar-refractivity contribution in [2.75, 3.05) is 4.90 Å². The summed E-state index contributed by atoms with van der Waals surface area (Å²) in [4.78, 5) is 32.7. The zero-order valence-electron chi connectivity index (χ0n) is 30.1. The van der Waals surface area contributed by atoms with Crippen molar-refractivity contribution in [3.05, 3.63) is 169 Å². The number of aromatic nitrogens is 7. The molecular weight excluding hydrogens is 677 g/mol. The molecule has 5 aromatic carbocycles. The summed E-state index contributed by atoms with van der Waals surface area (Å²) in [6.45, 7) is 4.60. The van der Waals surface area contributed by atoms with Gasteiger partial charge in [0.05, 0.1) is 33.8 Å². The van der Waals surface area contributed by atoms with E-state index in [0.717, 1.165) is 66.5 Å². The second kappa shape index (κ2) is 11.8. The second-order valence-electron chi connectivity index (χ2n) is 14.4. The Morgan fingerprint density at radius 2 is 1.00 bits per heavy atom. The van der Waals surface area contributed by atoms with Crippen molar-refractivity contribution >= 4 is 61.2 Å². The van der Waals surface area contributed by atoms with Crippen LogP contribution >= 0.6 is 0 Å². The van der Waals surface area contributed by atoms with Crippen LogP contribution in [0.5, 0.6) is 0 Å². The van der Waals surface area contributed by atoms with Gasteiger partial charge in [-0.25, -0.2) is 19.9 Å². The zero-order valence-corrected chi connectivity index (χ0v) is 30.1. The molecule has 0 unspecified atom stereocenters. The highest BCUT2D eigenvalue weighted by molar-refractivity contribution is 6.11. The van der Waals surface area contributed by atoms with Crippen molar-refractivity contribution in [1.29, 1.82) is 0 Å². The number of hydrogen-bond acceptors (Lipinski definition) is 7. The second-order valence-corrected chi connectivity index (χ2v) is 14.4. The van der Waals surface area contributed by atoms with Crippen LogP contribution < -0.4 is 4.90 Å². The first-order valence-corrected chi connectivity index (χ1v) is 18.4. The molecule has 0 fully saturated rings. The molecule has 8 heteroatoms. The van der Waals surface area contributed by atoms with Crippen LogP contribution in [-0.4, -0.2) is 34.5 Å². The van der Waals surface area contributed by atoms with E-state index in [9.17, 15) is 0 Å². The van der Waals surface area contributed by atoms with Gasteiger partial charge in [0.2, 0.25) is 11.9 Å². The van der Waals surface area contributed by atoms with Crippen LogP contribution in [0.1, 0.15) is 25.0 Å². The molecule has 0 aliphatic carbocycles. The van der Waals surface area contributed by atoms with Gasteiger partial charge >= 0.3 is 0 Å². The first-order valence-electron chi connectivity index (χ1n) is 18.4. The fraction of sp³-hybridized carbons (Fsp3) is 0.0638. The Balaban J connectivity index is 1.23. The van der Waals surface area contributed by atoms with E-state index < -0.39 is 0 Å². The van der Waals surface area contributed by atoms with E-state index in [-0.39, 0.29) is 5.41 Å². The topological polar surface area (TPSA) is 85.5 Å². The summed E-state index contributed by atoms with van der Waals surface area (Å²) in [5, 5.41) is 4.02. The minimum absolute atomic E-state index is 0.346. The summed E-state index contributed by atoms with van der Waals surface area (Å²) in [5.41, 5.74) is 10.9. The van der Waals surface area contributed by atoms with Gasteiger partial charge in [0.15, 0.2) is 11.3 Å². The summed E-state index contributed by atoms with van der Waals surface area (Å²) in [7, 11) is 0. The van der Waals surface area contributed by atoms with Gasteiger partial charge in [-0.15, -0.1) is 0 Å². The van der Waals surface area contributed by atoms with E-state index in [1.807, 2.05) is 60.7 Å². The monoisotopic (exact) mass is 708 g/mol. The molecule has 1 aliphatic heterocycles.